The van der Waals surface area contributed by atoms with Crippen LogP contribution in [0.2, 0.25) is 0 Å². The van der Waals surface area contributed by atoms with Crippen molar-refractivity contribution >= 4 is 28.4 Å². The first kappa shape index (κ1) is 15.6. The fourth-order valence-electron chi connectivity index (χ4n) is 2.67. The van der Waals surface area contributed by atoms with Crippen molar-refractivity contribution in [3.8, 4) is 0 Å². The van der Waals surface area contributed by atoms with Crippen LogP contribution in [0.5, 0.6) is 0 Å². The number of nitrogen functional groups attached to an aromatic ring is 1. The Hall–Kier alpha value is -2.74. The van der Waals surface area contributed by atoms with Crippen molar-refractivity contribution in [3.63, 3.8) is 0 Å². The maximum absolute atomic E-state index is 12.7. The van der Waals surface area contributed by atoms with Crippen LogP contribution in [0.4, 0.5) is 5.69 Å². The number of aromatic nitrogens is 2. The summed E-state index contributed by atoms with van der Waals surface area (Å²) in [5, 5.41) is 2.55. The lowest BCUT2D eigenvalue weighted by molar-refractivity contribution is -0.135. The molecule has 1 aliphatic rings. The maximum Gasteiger partial charge on any atom is 0.264 e. The number of nitrogens with zero attached hydrogens (tertiary/aromatic N) is 2. The summed E-state index contributed by atoms with van der Waals surface area (Å²) in [5.41, 5.74) is 6.32. The molecule has 5 N–H and O–H groups in total. The lowest BCUT2D eigenvalue weighted by Crippen LogP contribution is -2.45. The summed E-state index contributed by atoms with van der Waals surface area (Å²) >= 11 is 0. The molecule has 8 heteroatoms. The lowest BCUT2D eigenvalue weighted by atomic mass is 10.1. The molecule has 8 nitrogen and oxygen atoms in total. The quantitative estimate of drug-likeness (QED) is 0.537. The third-order valence-electron chi connectivity index (χ3n) is 3.66. The average Bonchev–Trinajstić information content (AvgIpc) is 2.40. The van der Waals surface area contributed by atoms with E-state index in [2.05, 4.69) is 10.3 Å². The minimum Gasteiger partial charge on any atom is -0.412 e. The van der Waals surface area contributed by atoms with E-state index >= 15 is 0 Å². The molecule has 22 heavy (non-hydrogen) atoms. The molecule has 2 amide bonds. The molecule has 2 aromatic rings. The van der Waals surface area contributed by atoms with Gasteiger partial charge in [-0.2, -0.15) is 0 Å². The molecule has 3 rings (SSSR count). The molecular weight excluding hydrogens is 288 g/mol. The zero-order chi connectivity index (χ0) is 15.1. The molecule has 0 spiro atoms. The van der Waals surface area contributed by atoms with Gasteiger partial charge in [0.25, 0.3) is 5.56 Å². The number of carbonyl (C=O) groups is 2. The Morgan fingerprint density at radius 1 is 1.32 bits per heavy atom. The minimum absolute atomic E-state index is 0. The van der Waals surface area contributed by atoms with Crippen molar-refractivity contribution in [2.75, 3.05) is 5.73 Å². The SMILES string of the molecule is Cc1nc2cccc(N)c2c(=O)n1C1CCC(=O)NC1=O.O. The molecule has 1 saturated heterocycles. The van der Waals surface area contributed by atoms with Gasteiger partial charge in [0.1, 0.15) is 11.9 Å². The largest absolute Gasteiger partial charge is 0.412 e. The van der Waals surface area contributed by atoms with Crippen LogP contribution in [-0.4, -0.2) is 26.8 Å². The number of nitrogens with two attached hydrogens (primary N) is 1. The summed E-state index contributed by atoms with van der Waals surface area (Å²) in [6.07, 6.45) is 0.482. The van der Waals surface area contributed by atoms with Crippen LogP contribution in [-0.2, 0) is 9.59 Å². The van der Waals surface area contributed by atoms with Gasteiger partial charge < -0.3 is 11.2 Å². The van der Waals surface area contributed by atoms with Crippen molar-refractivity contribution in [2.45, 2.75) is 25.8 Å². The summed E-state index contributed by atoms with van der Waals surface area (Å²) in [4.78, 5) is 40.2. The Labute approximate surface area is 125 Å². The number of rotatable bonds is 1. The zero-order valence-corrected chi connectivity index (χ0v) is 11.9. The first-order chi connectivity index (χ1) is 9.99. The van der Waals surface area contributed by atoms with Crippen molar-refractivity contribution < 1.29 is 15.1 Å². The summed E-state index contributed by atoms with van der Waals surface area (Å²) in [5.74, 6) is -0.380. The number of hydrogen-bond acceptors (Lipinski definition) is 5. The number of amides is 2. The predicted molar refractivity (Wildman–Crippen MR) is 80.2 cm³/mol. The molecule has 1 unspecified atom stereocenters. The van der Waals surface area contributed by atoms with Crippen molar-refractivity contribution in [2.24, 2.45) is 0 Å². The Morgan fingerprint density at radius 3 is 2.73 bits per heavy atom. The summed E-state index contributed by atoms with van der Waals surface area (Å²) in [6.45, 7) is 1.66. The second-order valence-electron chi connectivity index (χ2n) is 5.04. The molecule has 2 heterocycles. The minimum atomic E-state index is -0.730. The highest BCUT2D eigenvalue weighted by molar-refractivity contribution is 5.99. The number of piperidine rings is 1. The summed E-state index contributed by atoms with van der Waals surface area (Å²) in [7, 11) is 0. The molecule has 1 aromatic carbocycles. The number of hydrogen-bond donors (Lipinski definition) is 2. The number of anilines is 1. The van der Waals surface area contributed by atoms with Crippen LogP contribution in [0.25, 0.3) is 10.9 Å². The second kappa shape index (κ2) is 5.57. The van der Waals surface area contributed by atoms with Crippen molar-refractivity contribution in [1.82, 2.24) is 14.9 Å². The number of aryl methyl sites for hydroxylation is 1. The van der Waals surface area contributed by atoms with Crippen LogP contribution in [0.3, 0.4) is 0 Å². The third-order valence-corrected chi connectivity index (χ3v) is 3.66. The van der Waals surface area contributed by atoms with Crippen LogP contribution in [0, 0.1) is 6.92 Å². The number of carbonyl (C=O) groups excluding carboxylic acids is 2. The van der Waals surface area contributed by atoms with Gasteiger partial charge >= 0.3 is 0 Å². The normalized spacial score (nSPS) is 18.0. The monoisotopic (exact) mass is 304 g/mol. The molecular formula is C14H16N4O4. The second-order valence-corrected chi connectivity index (χ2v) is 5.04. The van der Waals surface area contributed by atoms with E-state index in [0.29, 0.717) is 22.4 Å². The highest BCUT2D eigenvalue weighted by atomic mass is 16.2. The van der Waals surface area contributed by atoms with Gasteiger partial charge in [0.15, 0.2) is 0 Å². The van der Waals surface area contributed by atoms with Gasteiger partial charge in [-0.15, -0.1) is 0 Å². The van der Waals surface area contributed by atoms with E-state index < -0.39 is 11.9 Å². The average molecular weight is 304 g/mol. The van der Waals surface area contributed by atoms with E-state index in [1.807, 2.05) is 0 Å². The van der Waals surface area contributed by atoms with Gasteiger partial charge in [-0.25, -0.2) is 4.98 Å². The van der Waals surface area contributed by atoms with Gasteiger partial charge in [-0.3, -0.25) is 24.3 Å². The molecule has 0 aliphatic carbocycles. The summed E-state index contributed by atoms with van der Waals surface area (Å²) in [6, 6.07) is 4.32. The van der Waals surface area contributed by atoms with Gasteiger partial charge in [0, 0.05) is 12.1 Å². The molecule has 0 saturated carbocycles. The first-order valence-electron chi connectivity index (χ1n) is 6.60. The predicted octanol–water partition coefficient (Wildman–Crippen LogP) is -0.560. The molecule has 0 radical (unpaired) electrons. The van der Waals surface area contributed by atoms with Crippen molar-refractivity contribution in [3.05, 3.63) is 34.4 Å². The fraction of sp³-hybridized carbons (Fsp3) is 0.286. The van der Waals surface area contributed by atoms with Crippen LogP contribution >= 0.6 is 0 Å². The molecule has 0 bridgehead atoms. The highest BCUT2D eigenvalue weighted by Crippen LogP contribution is 2.21. The third kappa shape index (κ3) is 2.33. The van der Waals surface area contributed by atoms with E-state index in [-0.39, 0.29) is 29.8 Å². The van der Waals surface area contributed by atoms with E-state index in [0.717, 1.165) is 0 Å². The molecule has 1 aromatic heterocycles. The Balaban J connectivity index is 0.00000176. The lowest BCUT2D eigenvalue weighted by Gasteiger charge is -2.24. The van der Waals surface area contributed by atoms with E-state index in [1.165, 1.54) is 4.57 Å². The van der Waals surface area contributed by atoms with E-state index in [4.69, 9.17) is 5.73 Å². The number of imide groups is 1. The van der Waals surface area contributed by atoms with Gasteiger partial charge in [0.05, 0.1) is 10.9 Å². The Kier molecular flexibility index (Phi) is 3.96. The Bertz CT molecular complexity index is 827. The van der Waals surface area contributed by atoms with Crippen LogP contribution < -0.4 is 16.6 Å². The molecule has 1 atom stereocenters. The zero-order valence-electron chi connectivity index (χ0n) is 11.9. The smallest absolute Gasteiger partial charge is 0.264 e. The topological polar surface area (TPSA) is 139 Å². The maximum atomic E-state index is 12.7. The fourth-order valence-corrected chi connectivity index (χ4v) is 2.67. The summed E-state index contributed by atoms with van der Waals surface area (Å²) < 4.78 is 1.32. The van der Waals surface area contributed by atoms with Gasteiger partial charge in [0.2, 0.25) is 11.8 Å². The highest BCUT2D eigenvalue weighted by Gasteiger charge is 2.30. The van der Waals surface area contributed by atoms with Crippen molar-refractivity contribution in [1.29, 1.82) is 0 Å². The Morgan fingerprint density at radius 2 is 2.05 bits per heavy atom. The number of benzene rings is 1. The molecule has 116 valence electrons. The molecule has 1 aliphatic heterocycles. The number of fused-ring (bicyclic) bond motifs is 1. The number of nitrogens with one attached hydrogen (secondary N) is 1. The first-order valence-corrected chi connectivity index (χ1v) is 6.60. The standard InChI is InChI=1S/C14H14N4O3.H2O/c1-7-16-9-4-2-3-8(15)12(9)14(21)18(7)10-5-6-11(19)17-13(10)20;/h2-4,10H,5-6,15H2,1H3,(H,17,19,20);1H2. The van der Waals surface area contributed by atoms with Crippen LogP contribution in [0.15, 0.2) is 23.0 Å². The van der Waals surface area contributed by atoms with Gasteiger partial charge in [-0.05, 0) is 25.5 Å². The molecule has 1 fully saturated rings. The van der Waals surface area contributed by atoms with Gasteiger partial charge in [-0.1, -0.05) is 6.07 Å². The van der Waals surface area contributed by atoms with Crippen LogP contribution in [0.1, 0.15) is 24.7 Å². The van der Waals surface area contributed by atoms with E-state index in [1.54, 1.807) is 25.1 Å². The van der Waals surface area contributed by atoms with E-state index in [9.17, 15) is 14.4 Å².